The predicted molar refractivity (Wildman–Crippen MR) is 115 cm³/mol. The van der Waals surface area contributed by atoms with E-state index in [-0.39, 0.29) is 11.9 Å². The molecule has 2 aliphatic rings. The first-order valence-corrected chi connectivity index (χ1v) is 10.8. The summed E-state index contributed by atoms with van der Waals surface area (Å²) in [6.07, 6.45) is 7.65. The molecule has 0 spiro atoms. The van der Waals surface area contributed by atoms with Crippen LogP contribution in [0.4, 0.5) is 5.69 Å². The molecular weight excluding hydrogens is 358 g/mol. The molecule has 4 nitrogen and oxygen atoms in total. The average Bonchev–Trinajstić information content (AvgIpc) is 2.74. The third kappa shape index (κ3) is 4.98. The zero-order valence-electron chi connectivity index (χ0n) is 16.9. The molecule has 2 aromatic carbocycles. The number of nitrogens with one attached hydrogen (secondary N) is 1. The second-order valence-corrected chi connectivity index (χ2v) is 8.50. The lowest BCUT2D eigenvalue weighted by atomic mass is 9.86. The van der Waals surface area contributed by atoms with E-state index in [9.17, 15) is 10.1 Å². The summed E-state index contributed by atoms with van der Waals surface area (Å²) in [7, 11) is 0. The molecule has 4 rings (SSSR count). The molecule has 1 fully saturated rings. The summed E-state index contributed by atoms with van der Waals surface area (Å²) >= 11 is 0. The minimum absolute atomic E-state index is 0.0799. The molecule has 0 aromatic heterocycles. The molecule has 1 heterocycles. The number of amides is 1. The van der Waals surface area contributed by atoms with Crippen LogP contribution in [0.15, 0.2) is 48.5 Å². The normalized spacial score (nSPS) is 19.3. The molecular formula is C25H29N3O. The number of nitriles is 1. The molecule has 1 unspecified atom stereocenters. The van der Waals surface area contributed by atoms with Crippen molar-refractivity contribution < 1.29 is 4.79 Å². The van der Waals surface area contributed by atoms with Gasteiger partial charge in [0.15, 0.2) is 0 Å². The van der Waals surface area contributed by atoms with Crippen LogP contribution in [0.25, 0.3) is 0 Å². The Hall–Kier alpha value is -2.80. The smallest absolute Gasteiger partial charge is 0.220 e. The standard InChI is InChI=1S/C25H29N3O/c26-16-21-11-12-24-22(13-21)15-23(18-28(24)17-20-9-5-2-6-10-20)27-25(29)14-19-7-3-1-4-8-19/h2,5-6,9-13,19,23H,1,3-4,7-8,14-15,17-18H2,(H,27,29). The Bertz CT molecular complexity index is 881. The Labute approximate surface area is 173 Å². The van der Waals surface area contributed by atoms with Crippen LogP contribution in [0.1, 0.15) is 55.2 Å². The maximum atomic E-state index is 12.7. The van der Waals surface area contributed by atoms with E-state index in [1.54, 1.807) is 0 Å². The third-order valence-corrected chi connectivity index (χ3v) is 6.24. The lowest BCUT2D eigenvalue weighted by Crippen LogP contribution is -2.48. The highest BCUT2D eigenvalue weighted by Gasteiger charge is 2.27. The molecule has 4 heteroatoms. The molecule has 0 radical (unpaired) electrons. The first-order valence-electron chi connectivity index (χ1n) is 10.8. The fourth-order valence-corrected chi connectivity index (χ4v) is 4.81. The topological polar surface area (TPSA) is 56.1 Å². The highest BCUT2D eigenvalue weighted by molar-refractivity contribution is 5.77. The van der Waals surface area contributed by atoms with E-state index in [1.165, 1.54) is 43.4 Å². The van der Waals surface area contributed by atoms with E-state index in [0.29, 0.717) is 17.9 Å². The number of rotatable bonds is 5. The molecule has 1 atom stereocenters. The number of benzene rings is 2. The van der Waals surface area contributed by atoms with Gasteiger partial charge >= 0.3 is 0 Å². The fourth-order valence-electron chi connectivity index (χ4n) is 4.81. The maximum Gasteiger partial charge on any atom is 0.220 e. The quantitative estimate of drug-likeness (QED) is 0.817. The van der Waals surface area contributed by atoms with Gasteiger partial charge in [-0.2, -0.15) is 5.26 Å². The number of nitrogens with zero attached hydrogens (tertiary/aromatic N) is 2. The summed E-state index contributed by atoms with van der Waals surface area (Å²) in [6, 6.07) is 18.7. The molecule has 1 saturated carbocycles. The van der Waals surface area contributed by atoms with Gasteiger partial charge in [0.05, 0.1) is 17.7 Å². The van der Waals surface area contributed by atoms with E-state index >= 15 is 0 Å². The van der Waals surface area contributed by atoms with Gasteiger partial charge < -0.3 is 10.2 Å². The van der Waals surface area contributed by atoms with Crippen molar-refractivity contribution in [2.45, 2.75) is 57.5 Å². The summed E-state index contributed by atoms with van der Waals surface area (Å²) in [5.74, 6) is 0.728. The van der Waals surface area contributed by atoms with Crippen LogP contribution in [-0.4, -0.2) is 18.5 Å². The Morgan fingerprint density at radius 2 is 1.90 bits per heavy atom. The third-order valence-electron chi connectivity index (χ3n) is 6.24. The maximum absolute atomic E-state index is 12.7. The van der Waals surface area contributed by atoms with Crippen molar-refractivity contribution in [1.29, 1.82) is 5.26 Å². The van der Waals surface area contributed by atoms with Gasteiger partial charge in [-0.1, -0.05) is 49.6 Å². The number of carbonyl (C=O) groups excluding carboxylic acids is 1. The van der Waals surface area contributed by atoms with Crippen molar-refractivity contribution in [1.82, 2.24) is 5.32 Å². The minimum atomic E-state index is 0.0799. The average molecular weight is 388 g/mol. The highest BCUT2D eigenvalue weighted by Crippen LogP contribution is 2.30. The second-order valence-electron chi connectivity index (χ2n) is 8.50. The van der Waals surface area contributed by atoms with Crippen molar-refractivity contribution in [2.75, 3.05) is 11.4 Å². The SMILES string of the molecule is N#Cc1ccc2c(c1)CC(NC(=O)CC1CCCCC1)CN2Cc1ccccc1. The molecule has 29 heavy (non-hydrogen) atoms. The summed E-state index contributed by atoms with van der Waals surface area (Å²) in [4.78, 5) is 15.0. The van der Waals surface area contributed by atoms with E-state index in [0.717, 1.165) is 25.1 Å². The van der Waals surface area contributed by atoms with Crippen LogP contribution in [-0.2, 0) is 17.8 Å². The van der Waals surface area contributed by atoms with Crippen molar-refractivity contribution in [3.8, 4) is 6.07 Å². The number of fused-ring (bicyclic) bond motifs is 1. The van der Waals surface area contributed by atoms with Crippen LogP contribution in [0, 0.1) is 17.2 Å². The number of carbonyl (C=O) groups is 1. The summed E-state index contributed by atoms with van der Waals surface area (Å²) in [6.45, 7) is 1.60. The first kappa shape index (κ1) is 19.5. The lowest BCUT2D eigenvalue weighted by molar-refractivity contribution is -0.122. The Kier molecular flexibility index (Phi) is 6.14. The predicted octanol–water partition coefficient (Wildman–Crippen LogP) is 4.58. The van der Waals surface area contributed by atoms with E-state index in [1.807, 2.05) is 18.2 Å². The van der Waals surface area contributed by atoms with Crippen molar-refractivity contribution in [3.05, 3.63) is 65.2 Å². The van der Waals surface area contributed by atoms with Gasteiger partial charge in [-0.25, -0.2) is 0 Å². The largest absolute Gasteiger partial charge is 0.365 e. The van der Waals surface area contributed by atoms with Gasteiger partial charge in [0.2, 0.25) is 5.91 Å². The molecule has 0 saturated heterocycles. The number of hydrogen-bond donors (Lipinski definition) is 1. The molecule has 1 N–H and O–H groups in total. The van der Waals surface area contributed by atoms with E-state index in [2.05, 4.69) is 46.6 Å². The van der Waals surface area contributed by atoms with Crippen molar-refractivity contribution in [2.24, 2.45) is 5.92 Å². The Morgan fingerprint density at radius 3 is 2.66 bits per heavy atom. The molecule has 1 amide bonds. The number of hydrogen-bond acceptors (Lipinski definition) is 3. The van der Waals surface area contributed by atoms with Crippen molar-refractivity contribution >= 4 is 11.6 Å². The molecule has 0 bridgehead atoms. The highest BCUT2D eigenvalue weighted by atomic mass is 16.1. The monoisotopic (exact) mass is 387 g/mol. The Balaban J connectivity index is 1.48. The fraction of sp³-hybridized carbons (Fsp3) is 0.440. The first-order chi connectivity index (χ1) is 14.2. The Morgan fingerprint density at radius 1 is 1.10 bits per heavy atom. The van der Waals surface area contributed by atoms with Crippen LogP contribution in [0.2, 0.25) is 0 Å². The lowest BCUT2D eigenvalue weighted by Gasteiger charge is -2.37. The number of anilines is 1. The van der Waals surface area contributed by atoms with Gasteiger partial charge in [-0.05, 0) is 54.5 Å². The van der Waals surface area contributed by atoms with Crippen LogP contribution >= 0.6 is 0 Å². The molecule has 1 aliphatic carbocycles. The van der Waals surface area contributed by atoms with Gasteiger partial charge in [-0.3, -0.25) is 4.79 Å². The second kappa shape index (κ2) is 9.13. The van der Waals surface area contributed by atoms with Crippen LogP contribution in [0.3, 0.4) is 0 Å². The van der Waals surface area contributed by atoms with E-state index in [4.69, 9.17) is 0 Å². The molecule has 150 valence electrons. The van der Waals surface area contributed by atoms with Crippen molar-refractivity contribution in [3.63, 3.8) is 0 Å². The van der Waals surface area contributed by atoms with Gasteiger partial charge in [0.1, 0.15) is 0 Å². The van der Waals surface area contributed by atoms with Crippen LogP contribution < -0.4 is 10.2 Å². The summed E-state index contributed by atoms with van der Waals surface area (Å²) in [5, 5.41) is 12.6. The summed E-state index contributed by atoms with van der Waals surface area (Å²) in [5.41, 5.74) is 4.24. The van der Waals surface area contributed by atoms with Gasteiger partial charge in [0.25, 0.3) is 0 Å². The van der Waals surface area contributed by atoms with Gasteiger partial charge in [0, 0.05) is 25.2 Å². The van der Waals surface area contributed by atoms with Crippen LogP contribution in [0.5, 0.6) is 0 Å². The van der Waals surface area contributed by atoms with E-state index < -0.39 is 0 Å². The zero-order chi connectivity index (χ0) is 20.1. The summed E-state index contributed by atoms with van der Waals surface area (Å²) < 4.78 is 0. The molecule has 1 aliphatic heterocycles. The van der Waals surface area contributed by atoms with Gasteiger partial charge in [-0.15, -0.1) is 0 Å². The molecule has 2 aromatic rings. The zero-order valence-corrected chi connectivity index (χ0v) is 16.9. The minimum Gasteiger partial charge on any atom is -0.365 e.